The summed E-state index contributed by atoms with van der Waals surface area (Å²) in [6, 6.07) is 0. The molecule has 3 nitrogen and oxygen atoms in total. The second-order valence-corrected chi connectivity index (χ2v) is 6.08. The third-order valence-electron chi connectivity index (χ3n) is 3.64. The lowest BCUT2D eigenvalue weighted by atomic mass is 9.95. The van der Waals surface area contributed by atoms with Gasteiger partial charge in [-0.3, -0.25) is 0 Å². The molecule has 2 N–H and O–H groups in total. The van der Waals surface area contributed by atoms with E-state index < -0.39 is 0 Å². The first kappa shape index (κ1) is 13.0. The lowest BCUT2D eigenvalue weighted by molar-refractivity contribution is 0.214. The van der Waals surface area contributed by atoms with Gasteiger partial charge in [-0.25, -0.2) is 4.98 Å². The number of aliphatic hydroxyl groups excluding tert-OH is 1. The Morgan fingerprint density at radius 1 is 1.59 bits per heavy atom. The van der Waals surface area contributed by atoms with E-state index >= 15 is 0 Å². The van der Waals surface area contributed by atoms with E-state index in [2.05, 4.69) is 29.5 Å². The zero-order valence-corrected chi connectivity index (χ0v) is 11.5. The molecule has 1 atom stereocenters. The van der Waals surface area contributed by atoms with Crippen LogP contribution in [0.25, 0.3) is 0 Å². The van der Waals surface area contributed by atoms with Gasteiger partial charge < -0.3 is 10.4 Å². The van der Waals surface area contributed by atoms with E-state index in [1.807, 2.05) is 0 Å². The summed E-state index contributed by atoms with van der Waals surface area (Å²) >= 11 is 1.79. The van der Waals surface area contributed by atoms with Crippen LogP contribution >= 0.6 is 11.3 Å². The van der Waals surface area contributed by atoms with Gasteiger partial charge in [0.15, 0.2) is 0 Å². The van der Waals surface area contributed by atoms with Crippen LogP contribution in [-0.2, 0) is 6.54 Å². The van der Waals surface area contributed by atoms with Gasteiger partial charge in [-0.2, -0.15) is 0 Å². The molecule has 0 bridgehead atoms. The highest BCUT2D eigenvalue weighted by molar-refractivity contribution is 7.09. The Balaban J connectivity index is 1.86. The summed E-state index contributed by atoms with van der Waals surface area (Å²) in [5.41, 5.74) is 1.17. The van der Waals surface area contributed by atoms with E-state index in [0.29, 0.717) is 0 Å². The molecule has 17 heavy (non-hydrogen) atoms. The zero-order chi connectivity index (χ0) is 12.3. The molecule has 0 saturated heterocycles. The lowest BCUT2D eigenvalue weighted by Crippen LogP contribution is -2.42. The molecule has 1 saturated carbocycles. The normalized spacial score (nSPS) is 19.2. The number of nitrogens with one attached hydrogen (secondary N) is 1. The molecular weight excluding hydrogens is 232 g/mol. The van der Waals surface area contributed by atoms with Crippen molar-refractivity contribution in [3.05, 3.63) is 16.1 Å². The Morgan fingerprint density at radius 2 is 2.35 bits per heavy atom. The first-order valence-corrected chi connectivity index (χ1v) is 7.35. The number of aromatic nitrogens is 1. The molecule has 0 amide bonds. The van der Waals surface area contributed by atoms with Crippen LogP contribution in [0.1, 0.15) is 56.2 Å². The number of nitrogens with zero attached hydrogens (tertiary/aromatic N) is 1. The van der Waals surface area contributed by atoms with Gasteiger partial charge in [0.25, 0.3) is 0 Å². The summed E-state index contributed by atoms with van der Waals surface area (Å²) in [5.74, 6) is 0.753. The number of aliphatic hydroxyl groups is 1. The highest BCUT2D eigenvalue weighted by Crippen LogP contribution is 2.41. The maximum atomic E-state index is 9.06. The maximum absolute atomic E-state index is 9.06. The smallest absolute Gasteiger partial charge is 0.0959 e. The minimum Gasteiger partial charge on any atom is -0.396 e. The minimum absolute atomic E-state index is 0.0259. The second kappa shape index (κ2) is 5.46. The van der Waals surface area contributed by atoms with Gasteiger partial charge in [-0.15, -0.1) is 11.3 Å². The zero-order valence-electron chi connectivity index (χ0n) is 10.7. The number of thiazole rings is 1. The van der Waals surface area contributed by atoms with Crippen LogP contribution in [-0.4, -0.2) is 22.2 Å². The fourth-order valence-electron chi connectivity index (χ4n) is 1.86. The Bertz CT molecular complexity index is 362. The summed E-state index contributed by atoms with van der Waals surface area (Å²) in [5, 5.41) is 16.1. The Hall–Kier alpha value is -0.450. The van der Waals surface area contributed by atoms with Crippen LogP contribution in [0.3, 0.4) is 0 Å². The van der Waals surface area contributed by atoms with Crippen molar-refractivity contribution in [2.75, 3.05) is 6.61 Å². The molecule has 0 radical (unpaired) electrons. The molecule has 2 rings (SSSR count). The molecular formula is C13H22N2OS. The van der Waals surface area contributed by atoms with Crippen molar-refractivity contribution in [3.63, 3.8) is 0 Å². The van der Waals surface area contributed by atoms with Gasteiger partial charge in [-0.1, -0.05) is 6.92 Å². The van der Waals surface area contributed by atoms with Gasteiger partial charge >= 0.3 is 0 Å². The van der Waals surface area contributed by atoms with Crippen LogP contribution in [0.2, 0.25) is 0 Å². The first-order valence-electron chi connectivity index (χ1n) is 6.47. The van der Waals surface area contributed by atoms with E-state index in [1.54, 1.807) is 11.3 Å². The summed E-state index contributed by atoms with van der Waals surface area (Å²) in [4.78, 5) is 4.66. The summed E-state index contributed by atoms with van der Waals surface area (Å²) in [6.45, 7) is 5.37. The molecule has 1 aromatic rings. The average Bonchev–Trinajstić information content (AvgIpc) is 3.07. The standard InChI is InChI=1S/C13H22N2OS/c1-3-13(2,6-7-16)14-8-11-9-17-12(15-11)10-4-5-10/h9-10,14,16H,3-8H2,1-2H3. The third-order valence-corrected chi connectivity index (χ3v) is 4.69. The molecule has 0 aliphatic heterocycles. The Labute approximate surface area is 107 Å². The topological polar surface area (TPSA) is 45.1 Å². The number of hydrogen-bond donors (Lipinski definition) is 2. The molecule has 1 unspecified atom stereocenters. The van der Waals surface area contributed by atoms with Gasteiger partial charge in [0.05, 0.1) is 10.7 Å². The predicted molar refractivity (Wildman–Crippen MR) is 71.3 cm³/mol. The van der Waals surface area contributed by atoms with Crippen molar-refractivity contribution in [2.45, 2.75) is 57.5 Å². The van der Waals surface area contributed by atoms with Crippen molar-refractivity contribution < 1.29 is 5.11 Å². The third kappa shape index (κ3) is 3.50. The number of rotatable bonds is 7. The lowest BCUT2D eigenvalue weighted by Gasteiger charge is -2.28. The van der Waals surface area contributed by atoms with Crippen molar-refractivity contribution in [1.82, 2.24) is 10.3 Å². The highest BCUT2D eigenvalue weighted by Gasteiger charge is 2.27. The minimum atomic E-state index is 0.0259. The number of hydrogen-bond acceptors (Lipinski definition) is 4. The van der Waals surface area contributed by atoms with Crippen molar-refractivity contribution in [3.8, 4) is 0 Å². The van der Waals surface area contributed by atoms with Gasteiger partial charge in [-0.05, 0) is 32.6 Å². The van der Waals surface area contributed by atoms with E-state index in [9.17, 15) is 0 Å². The largest absolute Gasteiger partial charge is 0.396 e. The molecule has 1 heterocycles. The monoisotopic (exact) mass is 254 g/mol. The average molecular weight is 254 g/mol. The fraction of sp³-hybridized carbons (Fsp3) is 0.769. The molecule has 4 heteroatoms. The fourth-order valence-corrected chi connectivity index (χ4v) is 2.85. The van der Waals surface area contributed by atoms with Crippen molar-refractivity contribution >= 4 is 11.3 Å². The van der Waals surface area contributed by atoms with Crippen LogP contribution < -0.4 is 5.32 Å². The second-order valence-electron chi connectivity index (χ2n) is 5.19. The first-order chi connectivity index (χ1) is 8.17. The van der Waals surface area contributed by atoms with Crippen LogP contribution in [0.5, 0.6) is 0 Å². The van der Waals surface area contributed by atoms with E-state index in [4.69, 9.17) is 5.11 Å². The van der Waals surface area contributed by atoms with Crippen LogP contribution in [0.4, 0.5) is 0 Å². The SMILES string of the molecule is CCC(C)(CCO)NCc1csc(C2CC2)n1. The highest BCUT2D eigenvalue weighted by atomic mass is 32.1. The quantitative estimate of drug-likeness (QED) is 0.786. The predicted octanol–water partition coefficient (Wildman–Crippen LogP) is 2.66. The van der Waals surface area contributed by atoms with Crippen molar-refractivity contribution in [2.24, 2.45) is 0 Å². The summed E-state index contributed by atoms with van der Waals surface area (Å²) < 4.78 is 0. The molecule has 1 fully saturated rings. The molecule has 1 aromatic heterocycles. The Kier molecular flexibility index (Phi) is 4.17. The molecule has 0 spiro atoms. The summed E-state index contributed by atoms with van der Waals surface area (Å²) in [7, 11) is 0. The Morgan fingerprint density at radius 3 is 2.94 bits per heavy atom. The van der Waals surface area contributed by atoms with Gasteiger partial charge in [0.1, 0.15) is 0 Å². The van der Waals surface area contributed by atoms with E-state index in [0.717, 1.165) is 31.0 Å². The summed E-state index contributed by atoms with van der Waals surface area (Å²) in [6.07, 6.45) is 4.45. The van der Waals surface area contributed by atoms with Crippen LogP contribution in [0, 0.1) is 0 Å². The molecule has 1 aliphatic rings. The van der Waals surface area contributed by atoms with Crippen LogP contribution in [0.15, 0.2) is 5.38 Å². The van der Waals surface area contributed by atoms with E-state index in [-0.39, 0.29) is 12.1 Å². The van der Waals surface area contributed by atoms with E-state index in [1.165, 1.54) is 17.8 Å². The van der Waals surface area contributed by atoms with Gasteiger partial charge in [0, 0.05) is 30.0 Å². The van der Waals surface area contributed by atoms with Crippen molar-refractivity contribution in [1.29, 1.82) is 0 Å². The molecule has 1 aliphatic carbocycles. The molecule has 0 aromatic carbocycles. The maximum Gasteiger partial charge on any atom is 0.0959 e. The van der Waals surface area contributed by atoms with Gasteiger partial charge in [0.2, 0.25) is 0 Å². The molecule has 96 valence electrons.